The smallest absolute Gasteiger partial charge is 0.237 e. The molecular formula is C17H21N3O3S. The fourth-order valence-corrected chi connectivity index (χ4v) is 3.66. The van der Waals surface area contributed by atoms with Crippen molar-refractivity contribution in [2.75, 3.05) is 6.54 Å². The summed E-state index contributed by atoms with van der Waals surface area (Å²) in [4.78, 5) is 17.3. The van der Waals surface area contributed by atoms with Gasteiger partial charge in [0.05, 0.1) is 40.9 Å². The Morgan fingerprint density at radius 2 is 2.21 bits per heavy atom. The molecule has 3 rings (SSSR count). The number of rotatable bonds is 5. The molecule has 0 unspecified atom stereocenters. The van der Waals surface area contributed by atoms with Crippen LogP contribution in [0.4, 0.5) is 0 Å². The van der Waals surface area contributed by atoms with Crippen LogP contribution in [0.15, 0.2) is 29.8 Å². The van der Waals surface area contributed by atoms with E-state index in [1.54, 1.807) is 5.51 Å². The monoisotopic (exact) mass is 347 g/mol. The molecule has 24 heavy (non-hydrogen) atoms. The van der Waals surface area contributed by atoms with E-state index in [1.807, 2.05) is 31.2 Å². The van der Waals surface area contributed by atoms with Crippen LogP contribution >= 0.6 is 11.3 Å². The van der Waals surface area contributed by atoms with Gasteiger partial charge in [0.15, 0.2) is 0 Å². The molecule has 0 bridgehead atoms. The highest BCUT2D eigenvalue weighted by molar-refractivity contribution is 7.13. The molecule has 1 aliphatic heterocycles. The molecule has 4 N–H and O–H groups in total. The highest BCUT2D eigenvalue weighted by atomic mass is 32.1. The minimum Gasteiger partial charge on any atom is -0.392 e. The summed E-state index contributed by atoms with van der Waals surface area (Å²) in [6, 6.07) is 7.44. The van der Waals surface area contributed by atoms with Crippen molar-refractivity contribution in [3.05, 3.63) is 41.0 Å². The number of benzene rings is 1. The molecule has 1 amide bonds. The van der Waals surface area contributed by atoms with E-state index < -0.39 is 6.10 Å². The van der Waals surface area contributed by atoms with E-state index in [0.717, 1.165) is 16.0 Å². The Morgan fingerprint density at radius 3 is 2.83 bits per heavy atom. The maximum atomic E-state index is 12.2. The minimum absolute atomic E-state index is 0.0761. The van der Waals surface area contributed by atoms with Gasteiger partial charge in [-0.1, -0.05) is 24.3 Å². The zero-order valence-corrected chi connectivity index (χ0v) is 14.2. The van der Waals surface area contributed by atoms with Crippen LogP contribution in [-0.4, -0.2) is 39.8 Å². The van der Waals surface area contributed by atoms with Crippen molar-refractivity contribution in [1.29, 1.82) is 0 Å². The van der Waals surface area contributed by atoms with E-state index in [0.29, 0.717) is 18.7 Å². The normalized spacial score (nSPS) is 21.6. The van der Waals surface area contributed by atoms with E-state index in [2.05, 4.69) is 15.6 Å². The number of hydrogen-bond acceptors (Lipinski definition) is 6. The molecule has 0 radical (unpaired) electrons. The fourth-order valence-electron chi connectivity index (χ4n) is 2.85. The van der Waals surface area contributed by atoms with Crippen molar-refractivity contribution in [2.45, 2.75) is 38.1 Å². The maximum Gasteiger partial charge on any atom is 0.237 e. The first-order valence-electron chi connectivity index (χ1n) is 7.94. The van der Waals surface area contributed by atoms with Crippen molar-refractivity contribution in [1.82, 2.24) is 15.6 Å². The molecule has 128 valence electrons. The molecule has 6 nitrogen and oxygen atoms in total. The van der Waals surface area contributed by atoms with Crippen LogP contribution in [0.3, 0.4) is 0 Å². The number of carbonyl (C=O) groups is 1. The SMILES string of the molecule is C[C@H](NC(=O)[C@@H]1C[C@@H](O)CN1)c1ccc(-c2scnc2CO)cc1. The first kappa shape index (κ1) is 17.0. The van der Waals surface area contributed by atoms with Gasteiger partial charge < -0.3 is 20.8 Å². The summed E-state index contributed by atoms with van der Waals surface area (Å²) < 4.78 is 0. The van der Waals surface area contributed by atoms with Crippen LogP contribution in [0.25, 0.3) is 10.4 Å². The zero-order valence-electron chi connectivity index (χ0n) is 13.4. The first-order valence-corrected chi connectivity index (χ1v) is 8.82. The fraction of sp³-hybridized carbons (Fsp3) is 0.412. The third-order valence-corrected chi connectivity index (χ3v) is 5.16. The Labute approximate surface area is 144 Å². The molecule has 3 atom stereocenters. The summed E-state index contributed by atoms with van der Waals surface area (Å²) >= 11 is 1.50. The summed E-state index contributed by atoms with van der Waals surface area (Å²) in [5.74, 6) is -0.0897. The first-order chi connectivity index (χ1) is 11.6. The summed E-state index contributed by atoms with van der Waals surface area (Å²) in [5.41, 5.74) is 4.41. The van der Waals surface area contributed by atoms with Gasteiger partial charge in [0.25, 0.3) is 0 Å². The van der Waals surface area contributed by atoms with Gasteiger partial charge in [-0.25, -0.2) is 4.98 Å². The van der Waals surface area contributed by atoms with Gasteiger partial charge in [-0.05, 0) is 24.5 Å². The minimum atomic E-state index is -0.449. The molecule has 1 saturated heterocycles. The average molecular weight is 347 g/mol. The van der Waals surface area contributed by atoms with Crippen LogP contribution in [0.2, 0.25) is 0 Å². The van der Waals surface area contributed by atoms with E-state index in [1.165, 1.54) is 11.3 Å². The summed E-state index contributed by atoms with van der Waals surface area (Å²) in [5, 5.41) is 24.8. The molecule has 0 saturated carbocycles. The van der Waals surface area contributed by atoms with Gasteiger partial charge in [-0.2, -0.15) is 0 Å². The van der Waals surface area contributed by atoms with Crippen LogP contribution in [0, 0.1) is 0 Å². The van der Waals surface area contributed by atoms with Crippen LogP contribution in [0.1, 0.15) is 30.6 Å². The lowest BCUT2D eigenvalue weighted by atomic mass is 10.0. The van der Waals surface area contributed by atoms with E-state index in [-0.39, 0.29) is 24.6 Å². The molecule has 1 fully saturated rings. The summed E-state index contributed by atoms with van der Waals surface area (Å²) in [6.45, 7) is 2.32. The Morgan fingerprint density at radius 1 is 1.46 bits per heavy atom. The van der Waals surface area contributed by atoms with Gasteiger partial charge in [0, 0.05) is 6.54 Å². The van der Waals surface area contributed by atoms with Gasteiger partial charge in [-0.15, -0.1) is 11.3 Å². The number of hydrogen-bond donors (Lipinski definition) is 4. The van der Waals surface area contributed by atoms with Crippen LogP contribution in [0.5, 0.6) is 0 Å². The Kier molecular flexibility index (Phi) is 5.25. The predicted octanol–water partition coefficient (Wildman–Crippen LogP) is 1.20. The molecule has 7 heteroatoms. The number of aliphatic hydroxyl groups is 2. The molecular weight excluding hydrogens is 326 g/mol. The van der Waals surface area contributed by atoms with Gasteiger partial charge in [0.1, 0.15) is 0 Å². The number of amides is 1. The lowest BCUT2D eigenvalue weighted by Crippen LogP contribution is -2.41. The lowest BCUT2D eigenvalue weighted by Gasteiger charge is -2.18. The maximum absolute atomic E-state index is 12.2. The predicted molar refractivity (Wildman–Crippen MR) is 92.4 cm³/mol. The molecule has 2 aromatic rings. The number of carbonyl (C=O) groups excluding carboxylic acids is 1. The van der Waals surface area contributed by atoms with Crippen molar-refractivity contribution >= 4 is 17.2 Å². The number of aromatic nitrogens is 1. The van der Waals surface area contributed by atoms with Crippen LogP contribution < -0.4 is 10.6 Å². The van der Waals surface area contributed by atoms with Gasteiger partial charge >= 0.3 is 0 Å². The number of nitrogens with one attached hydrogen (secondary N) is 2. The molecule has 0 spiro atoms. The van der Waals surface area contributed by atoms with E-state index in [9.17, 15) is 15.0 Å². The zero-order chi connectivity index (χ0) is 17.1. The number of thiazole rings is 1. The molecule has 1 aliphatic rings. The quantitative estimate of drug-likeness (QED) is 0.652. The number of aliphatic hydroxyl groups excluding tert-OH is 2. The highest BCUT2D eigenvalue weighted by Gasteiger charge is 2.28. The standard InChI is InChI=1S/C17H21N3O3S/c1-10(20-17(23)14-6-13(22)7-18-14)11-2-4-12(5-3-11)16-15(8-21)19-9-24-16/h2-5,9-10,13-14,18,21-22H,6-8H2,1H3,(H,20,23)/t10-,13+,14-/m0/s1. The summed E-state index contributed by atoms with van der Waals surface area (Å²) in [6.07, 6.45) is 0.00255. The van der Waals surface area contributed by atoms with Gasteiger partial charge in [-0.3, -0.25) is 4.79 Å². The largest absolute Gasteiger partial charge is 0.392 e. The number of nitrogens with zero attached hydrogens (tertiary/aromatic N) is 1. The van der Waals surface area contributed by atoms with Crippen molar-refractivity contribution in [3.63, 3.8) is 0 Å². The van der Waals surface area contributed by atoms with Crippen molar-refractivity contribution in [2.24, 2.45) is 0 Å². The second-order valence-corrected chi connectivity index (χ2v) is 6.84. The summed E-state index contributed by atoms with van der Waals surface area (Å²) in [7, 11) is 0. The molecule has 1 aromatic heterocycles. The highest BCUT2D eigenvalue weighted by Crippen LogP contribution is 2.28. The van der Waals surface area contributed by atoms with Crippen molar-refractivity contribution < 1.29 is 15.0 Å². The second-order valence-electron chi connectivity index (χ2n) is 5.99. The average Bonchev–Trinajstić information content (AvgIpc) is 3.23. The third-order valence-electron chi connectivity index (χ3n) is 4.25. The van der Waals surface area contributed by atoms with Crippen LogP contribution in [-0.2, 0) is 11.4 Å². The Bertz CT molecular complexity index is 701. The molecule has 0 aliphatic carbocycles. The van der Waals surface area contributed by atoms with Gasteiger partial charge in [0.2, 0.25) is 5.91 Å². The molecule has 1 aromatic carbocycles. The lowest BCUT2D eigenvalue weighted by molar-refractivity contribution is -0.123. The number of β-amino-alcohol motifs (C(OH)–C–C–N with tert-alkyl or cyclic N) is 1. The Balaban J connectivity index is 1.65. The third kappa shape index (κ3) is 3.64. The molecule has 2 heterocycles. The van der Waals surface area contributed by atoms with Crippen molar-refractivity contribution in [3.8, 4) is 10.4 Å². The van der Waals surface area contributed by atoms with E-state index in [4.69, 9.17) is 0 Å². The van der Waals surface area contributed by atoms with E-state index >= 15 is 0 Å². The topological polar surface area (TPSA) is 94.5 Å². The second kappa shape index (κ2) is 7.40. The Hall–Kier alpha value is -1.80.